The molecule has 0 aromatic heterocycles. The summed E-state index contributed by atoms with van der Waals surface area (Å²) < 4.78 is 0. The number of nitrogens with one attached hydrogen (secondary N) is 1. The van der Waals surface area contributed by atoms with Crippen LogP contribution >= 0.6 is 0 Å². The van der Waals surface area contributed by atoms with Crippen LogP contribution in [-0.2, 0) is 16.0 Å². The summed E-state index contributed by atoms with van der Waals surface area (Å²) in [5.41, 5.74) is 2.57. The molecule has 0 radical (unpaired) electrons. The van der Waals surface area contributed by atoms with Gasteiger partial charge in [-0.2, -0.15) is 0 Å². The Morgan fingerprint density at radius 2 is 1.72 bits per heavy atom. The molecular formula is C20H23NO4. The molecule has 0 saturated carbocycles. The zero-order chi connectivity index (χ0) is 18.6. The van der Waals surface area contributed by atoms with Crippen molar-refractivity contribution in [2.24, 2.45) is 0 Å². The van der Waals surface area contributed by atoms with Crippen LogP contribution in [0.1, 0.15) is 48.1 Å². The van der Waals surface area contributed by atoms with Gasteiger partial charge in [0.1, 0.15) is 5.75 Å². The number of phenols is 1. The molecule has 0 aliphatic carbocycles. The topological polar surface area (TPSA) is 86.6 Å². The Balaban J connectivity index is 2.28. The van der Waals surface area contributed by atoms with Crippen LogP contribution in [0.2, 0.25) is 0 Å². The number of carboxylic acids is 1. The molecule has 0 aliphatic heterocycles. The molecule has 25 heavy (non-hydrogen) atoms. The fourth-order valence-electron chi connectivity index (χ4n) is 2.77. The molecule has 5 heteroatoms. The monoisotopic (exact) mass is 341 g/mol. The fraction of sp³-hybridized carbons (Fsp3) is 0.300. The van der Waals surface area contributed by atoms with E-state index in [0.29, 0.717) is 16.7 Å². The maximum absolute atomic E-state index is 12.3. The lowest BCUT2D eigenvalue weighted by Gasteiger charge is -2.20. The fourth-order valence-corrected chi connectivity index (χ4v) is 2.77. The number of aromatic hydroxyl groups is 1. The first kappa shape index (κ1) is 18.5. The summed E-state index contributed by atoms with van der Waals surface area (Å²) in [5, 5.41) is 22.2. The Morgan fingerprint density at radius 1 is 1.08 bits per heavy atom. The molecule has 0 bridgehead atoms. The highest BCUT2D eigenvalue weighted by atomic mass is 16.4. The number of aliphatic carboxylic acids is 1. The third-order valence-electron chi connectivity index (χ3n) is 4.11. The summed E-state index contributed by atoms with van der Waals surface area (Å²) >= 11 is 0. The quantitative estimate of drug-likeness (QED) is 0.752. The normalized spacial score (nSPS) is 12.0. The Bertz CT molecular complexity index is 769. The second-order valence-electron chi connectivity index (χ2n) is 6.42. The lowest BCUT2D eigenvalue weighted by molar-refractivity contribution is -0.142. The van der Waals surface area contributed by atoms with Gasteiger partial charge in [0.05, 0.1) is 6.42 Å². The summed E-state index contributed by atoms with van der Waals surface area (Å²) in [6.07, 6.45) is 0.110. The molecule has 0 aliphatic rings. The van der Waals surface area contributed by atoms with Gasteiger partial charge in [0.15, 0.2) is 6.04 Å². The van der Waals surface area contributed by atoms with Crippen molar-refractivity contribution in [3.63, 3.8) is 0 Å². The van der Waals surface area contributed by atoms with E-state index in [1.54, 1.807) is 19.1 Å². The predicted octanol–water partition coefficient (Wildman–Crippen LogP) is 3.31. The number of carboxylic acid groups (broad SMARTS) is 1. The first-order valence-electron chi connectivity index (χ1n) is 8.19. The van der Waals surface area contributed by atoms with E-state index < -0.39 is 12.0 Å². The molecular weight excluding hydrogens is 318 g/mol. The van der Waals surface area contributed by atoms with Gasteiger partial charge >= 0.3 is 5.97 Å². The maximum Gasteiger partial charge on any atom is 0.330 e. The number of phenolic OH excluding ortho intramolecular Hbond substituents is 1. The van der Waals surface area contributed by atoms with Crippen LogP contribution in [-0.4, -0.2) is 22.1 Å². The Hall–Kier alpha value is -2.82. The Kier molecular flexibility index (Phi) is 5.80. The highest BCUT2D eigenvalue weighted by Crippen LogP contribution is 2.31. The summed E-state index contributed by atoms with van der Waals surface area (Å²) in [6, 6.07) is 11.2. The summed E-state index contributed by atoms with van der Waals surface area (Å²) in [4.78, 5) is 24.0. The highest BCUT2D eigenvalue weighted by molar-refractivity contribution is 5.86. The maximum atomic E-state index is 12.3. The third kappa shape index (κ3) is 4.59. The lowest BCUT2D eigenvalue weighted by Crippen LogP contribution is -2.35. The number of benzene rings is 2. The van der Waals surface area contributed by atoms with E-state index in [1.165, 1.54) is 0 Å². The van der Waals surface area contributed by atoms with Gasteiger partial charge in [-0.25, -0.2) is 4.79 Å². The molecule has 5 nitrogen and oxygen atoms in total. The summed E-state index contributed by atoms with van der Waals surface area (Å²) in [7, 11) is 0. The van der Waals surface area contributed by atoms with Gasteiger partial charge < -0.3 is 15.5 Å². The van der Waals surface area contributed by atoms with Crippen LogP contribution in [0, 0.1) is 6.92 Å². The lowest BCUT2D eigenvalue weighted by atomic mass is 9.93. The van der Waals surface area contributed by atoms with Gasteiger partial charge in [-0.05, 0) is 47.2 Å². The van der Waals surface area contributed by atoms with Crippen molar-refractivity contribution >= 4 is 11.9 Å². The van der Waals surface area contributed by atoms with Gasteiger partial charge in [-0.3, -0.25) is 4.79 Å². The minimum Gasteiger partial charge on any atom is -0.508 e. The average molecular weight is 341 g/mol. The first-order chi connectivity index (χ1) is 11.8. The zero-order valence-corrected chi connectivity index (χ0v) is 14.6. The third-order valence-corrected chi connectivity index (χ3v) is 4.11. The Morgan fingerprint density at radius 3 is 2.28 bits per heavy atom. The van der Waals surface area contributed by atoms with Crippen molar-refractivity contribution in [3.05, 3.63) is 64.7 Å². The van der Waals surface area contributed by atoms with Gasteiger partial charge in [0.2, 0.25) is 5.91 Å². The number of amides is 1. The van der Waals surface area contributed by atoms with Crippen LogP contribution in [0.3, 0.4) is 0 Å². The summed E-state index contributed by atoms with van der Waals surface area (Å²) in [6.45, 7) is 5.55. The average Bonchev–Trinajstić information content (AvgIpc) is 2.53. The van der Waals surface area contributed by atoms with Crippen molar-refractivity contribution in [1.29, 1.82) is 0 Å². The van der Waals surface area contributed by atoms with Crippen molar-refractivity contribution in [2.75, 3.05) is 0 Å². The van der Waals surface area contributed by atoms with E-state index in [0.717, 1.165) is 5.56 Å². The number of hydrogen-bond donors (Lipinski definition) is 3. The largest absolute Gasteiger partial charge is 0.508 e. The first-order valence-corrected chi connectivity index (χ1v) is 8.19. The number of rotatable bonds is 6. The second-order valence-corrected chi connectivity index (χ2v) is 6.42. The Labute approximate surface area is 147 Å². The van der Waals surface area contributed by atoms with Crippen LogP contribution in [0.4, 0.5) is 0 Å². The second kappa shape index (κ2) is 7.83. The van der Waals surface area contributed by atoms with Crippen LogP contribution in [0.25, 0.3) is 0 Å². The molecule has 2 rings (SSSR count). The molecule has 2 aromatic rings. The minimum atomic E-state index is -1.16. The standard InChI is InChI=1S/C20H23NO4/c1-12(2)15-11-16(13(3)9-17(15)22)19(20(24)25)21-18(23)10-14-7-5-4-6-8-14/h4-9,11-12,19,22H,10H2,1-3H3,(H,21,23)(H,24,25)/t19-/m1/s1. The number of hydrogen-bond acceptors (Lipinski definition) is 3. The number of aryl methyl sites for hydroxylation is 1. The van der Waals surface area contributed by atoms with Crippen molar-refractivity contribution in [3.8, 4) is 5.75 Å². The minimum absolute atomic E-state index is 0.0359. The molecule has 0 fully saturated rings. The predicted molar refractivity (Wildman–Crippen MR) is 95.6 cm³/mol. The van der Waals surface area contributed by atoms with Crippen molar-refractivity contribution < 1.29 is 19.8 Å². The van der Waals surface area contributed by atoms with E-state index >= 15 is 0 Å². The van der Waals surface area contributed by atoms with Crippen LogP contribution in [0.15, 0.2) is 42.5 Å². The van der Waals surface area contributed by atoms with Crippen molar-refractivity contribution in [2.45, 2.75) is 39.2 Å². The molecule has 0 saturated heterocycles. The molecule has 2 aromatic carbocycles. The number of carbonyl (C=O) groups is 2. The van der Waals surface area contributed by atoms with E-state index in [9.17, 15) is 19.8 Å². The SMILES string of the molecule is Cc1cc(O)c(C(C)C)cc1[C@@H](NC(=O)Cc1ccccc1)C(=O)O. The molecule has 1 atom stereocenters. The smallest absolute Gasteiger partial charge is 0.330 e. The highest BCUT2D eigenvalue weighted by Gasteiger charge is 2.25. The van der Waals surface area contributed by atoms with Gasteiger partial charge in [0, 0.05) is 0 Å². The molecule has 132 valence electrons. The molecule has 1 amide bonds. The summed E-state index contributed by atoms with van der Waals surface area (Å²) in [5.74, 6) is -1.33. The van der Waals surface area contributed by atoms with E-state index in [2.05, 4.69) is 5.32 Å². The van der Waals surface area contributed by atoms with Crippen molar-refractivity contribution in [1.82, 2.24) is 5.32 Å². The van der Waals surface area contributed by atoms with Crippen LogP contribution in [0.5, 0.6) is 5.75 Å². The molecule has 0 spiro atoms. The zero-order valence-electron chi connectivity index (χ0n) is 14.6. The van der Waals surface area contributed by atoms with Gasteiger partial charge in [-0.1, -0.05) is 44.2 Å². The van der Waals surface area contributed by atoms with Gasteiger partial charge in [0.25, 0.3) is 0 Å². The molecule has 3 N–H and O–H groups in total. The van der Waals surface area contributed by atoms with E-state index in [-0.39, 0.29) is 24.0 Å². The molecule has 0 unspecified atom stereocenters. The van der Waals surface area contributed by atoms with Gasteiger partial charge in [-0.15, -0.1) is 0 Å². The van der Waals surface area contributed by atoms with E-state index in [1.807, 2.05) is 44.2 Å². The van der Waals surface area contributed by atoms with E-state index in [4.69, 9.17) is 0 Å². The number of carbonyl (C=O) groups excluding carboxylic acids is 1. The molecule has 0 heterocycles. The van der Waals surface area contributed by atoms with Crippen LogP contribution < -0.4 is 5.32 Å².